The summed E-state index contributed by atoms with van der Waals surface area (Å²) >= 11 is 5.26. The zero-order valence-corrected chi connectivity index (χ0v) is 12.8. The maximum absolute atomic E-state index is 5.48. The van der Waals surface area contributed by atoms with Crippen molar-refractivity contribution in [3.8, 4) is 11.5 Å². The molecule has 3 aromatic rings. The fraction of sp³-hybridized carbons (Fsp3) is 0.286. The van der Waals surface area contributed by atoms with E-state index in [0.717, 1.165) is 30.7 Å². The molecular weight excluding hydrogens is 300 g/mol. The number of fused-ring (bicyclic) bond motifs is 1. The molecule has 0 spiro atoms. The van der Waals surface area contributed by atoms with Crippen LogP contribution in [0.3, 0.4) is 0 Å². The highest BCUT2D eigenvalue weighted by atomic mass is 32.1. The van der Waals surface area contributed by atoms with Crippen molar-refractivity contribution in [1.82, 2.24) is 25.1 Å². The molecule has 0 atom stereocenters. The maximum Gasteiger partial charge on any atom is 0.216 e. The molecule has 0 radical (unpaired) electrons. The average Bonchev–Trinajstić information content (AvgIpc) is 3.22. The lowest BCUT2D eigenvalue weighted by Crippen LogP contribution is -1.97. The smallest absolute Gasteiger partial charge is 0.216 e. The Balaban J connectivity index is 1.76. The fourth-order valence-electron chi connectivity index (χ4n) is 2.69. The van der Waals surface area contributed by atoms with Gasteiger partial charge in [-0.05, 0) is 50.5 Å². The molecule has 0 amide bonds. The Labute approximate surface area is 131 Å². The normalized spacial score (nSPS) is 14.0. The van der Waals surface area contributed by atoms with Crippen LogP contribution in [-0.4, -0.2) is 31.3 Å². The molecule has 0 saturated heterocycles. The molecule has 1 aliphatic rings. The van der Waals surface area contributed by atoms with Crippen molar-refractivity contribution in [2.75, 3.05) is 0 Å². The van der Waals surface area contributed by atoms with Gasteiger partial charge in [0.15, 0.2) is 0 Å². The lowest BCUT2D eigenvalue weighted by Gasteiger charge is -1.99. The number of nitrogens with one attached hydrogen (secondary N) is 2. The summed E-state index contributed by atoms with van der Waals surface area (Å²) in [4.78, 5) is 0. The van der Waals surface area contributed by atoms with Crippen LogP contribution in [-0.2, 0) is 12.8 Å². The van der Waals surface area contributed by atoms with E-state index in [0.29, 0.717) is 16.4 Å². The van der Waals surface area contributed by atoms with E-state index in [2.05, 4.69) is 25.5 Å². The summed E-state index contributed by atoms with van der Waals surface area (Å²) < 4.78 is 7.47. The van der Waals surface area contributed by atoms with Gasteiger partial charge in [-0.1, -0.05) is 0 Å². The van der Waals surface area contributed by atoms with Gasteiger partial charge in [-0.15, -0.1) is 0 Å². The van der Waals surface area contributed by atoms with Crippen molar-refractivity contribution in [2.45, 2.75) is 26.2 Å². The minimum absolute atomic E-state index is 0.421. The van der Waals surface area contributed by atoms with Crippen LogP contribution < -0.4 is 0 Å². The number of aryl methyl sites for hydroxylation is 2. The van der Waals surface area contributed by atoms with Crippen LogP contribution in [0.1, 0.15) is 29.2 Å². The average molecular weight is 314 g/mol. The van der Waals surface area contributed by atoms with Crippen molar-refractivity contribution in [1.29, 1.82) is 0 Å². The van der Waals surface area contributed by atoms with Crippen molar-refractivity contribution < 1.29 is 4.42 Å². The molecule has 22 heavy (non-hydrogen) atoms. The highest BCUT2D eigenvalue weighted by Crippen LogP contribution is 2.29. The Morgan fingerprint density at radius 1 is 1.32 bits per heavy atom. The number of aromatic nitrogens is 5. The highest BCUT2D eigenvalue weighted by Gasteiger charge is 2.23. The van der Waals surface area contributed by atoms with Crippen molar-refractivity contribution in [2.24, 2.45) is 5.10 Å². The van der Waals surface area contributed by atoms with E-state index < -0.39 is 0 Å². The molecule has 1 aliphatic carbocycles. The molecule has 4 rings (SSSR count). The highest BCUT2D eigenvalue weighted by molar-refractivity contribution is 7.71. The molecule has 0 aliphatic heterocycles. The Morgan fingerprint density at radius 3 is 3.05 bits per heavy atom. The van der Waals surface area contributed by atoms with Crippen LogP contribution in [0.15, 0.2) is 21.7 Å². The first-order valence-electron chi connectivity index (χ1n) is 7.07. The number of hydrogen-bond donors (Lipinski definition) is 2. The number of nitrogens with zero attached hydrogens (tertiary/aromatic N) is 4. The summed E-state index contributed by atoms with van der Waals surface area (Å²) in [5.41, 5.74) is 3.20. The molecule has 0 saturated carbocycles. The number of aromatic amines is 2. The monoisotopic (exact) mass is 314 g/mol. The van der Waals surface area contributed by atoms with E-state index in [9.17, 15) is 0 Å². The summed E-state index contributed by atoms with van der Waals surface area (Å²) in [6.07, 6.45) is 4.79. The molecule has 3 heterocycles. The molecule has 0 bridgehead atoms. The van der Waals surface area contributed by atoms with Gasteiger partial charge in [0.2, 0.25) is 10.6 Å². The molecule has 112 valence electrons. The third-order valence-electron chi connectivity index (χ3n) is 3.73. The fourth-order valence-corrected chi connectivity index (χ4v) is 2.87. The van der Waals surface area contributed by atoms with Crippen molar-refractivity contribution in [3.05, 3.63) is 39.7 Å². The molecule has 2 N–H and O–H groups in total. The molecule has 3 aromatic heterocycles. The quantitative estimate of drug-likeness (QED) is 0.574. The van der Waals surface area contributed by atoms with Gasteiger partial charge in [0.25, 0.3) is 0 Å². The maximum atomic E-state index is 5.48. The van der Waals surface area contributed by atoms with Crippen LogP contribution in [0.25, 0.3) is 11.5 Å². The first-order chi connectivity index (χ1) is 10.7. The van der Waals surface area contributed by atoms with E-state index >= 15 is 0 Å². The number of H-pyrrole nitrogens is 2. The summed E-state index contributed by atoms with van der Waals surface area (Å²) in [5, 5.41) is 18.9. The van der Waals surface area contributed by atoms with Gasteiger partial charge in [0.05, 0.1) is 6.21 Å². The van der Waals surface area contributed by atoms with E-state index in [-0.39, 0.29) is 0 Å². The zero-order valence-electron chi connectivity index (χ0n) is 12.0. The van der Waals surface area contributed by atoms with E-state index in [1.165, 1.54) is 11.3 Å². The Bertz CT molecular complexity index is 912. The molecule has 8 heteroatoms. The second-order valence-corrected chi connectivity index (χ2v) is 5.63. The third-order valence-corrected chi connectivity index (χ3v) is 3.99. The zero-order chi connectivity index (χ0) is 15.1. The molecule has 0 aromatic carbocycles. The Morgan fingerprint density at radius 2 is 2.23 bits per heavy atom. The molecule has 7 nitrogen and oxygen atoms in total. The van der Waals surface area contributed by atoms with Crippen LogP contribution >= 0.6 is 12.2 Å². The summed E-state index contributed by atoms with van der Waals surface area (Å²) in [5.74, 6) is 2.12. The number of furan rings is 1. The lowest BCUT2D eigenvalue weighted by atomic mass is 10.2. The van der Waals surface area contributed by atoms with Crippen molar-refractivity contribution in [3.63, 3.8) is 0 Å². The standard InChI is InChI=1S/C14H14N6OS/c1-8-5-6-9(21-8)7-15-20-13(18-19-14(20)22)12-10-3-2-4-11(10)16-17-12/h5-7H,2-4H2,1H3,(H,16,17)(H,19,22)/b15-7+. The third kappa shape index (κ3) is 2.12. The van der Waals surface area contributed by atoms with Gasteiger partial charge in [-0.25, -0.2) is 5.10 Å². The lowest BCUT2D eigenvalue weighted by molar-refractivity contribution is 0.527. The van der Waals surface area contributed by atoms with Gasteiger partial charge in [0, 0.05) is 11.3 Å². The van der Waals surface area contributed by atoms with Gasteiger partial charge in [-0.2, -0.15) is 20.0 Å². The minimum atomic E-state index is 0.421. The van der Waals surface area contributed by atoms with Gasteiger partial charge < -0.3 is 4.42 Å². The van der Waals surface area contributed by atoms with Gasteiger partial charge in [-0.3, -0.25) is 5.10 Å². The first-order valence-corrected chi connectivity index (χ1v) is 7.48. The van der Waals surface area contributed by atoms with Crippen molar-refractivity contribution >= 4 is 18.4 Å². The molecule has 0 fully saturated rings. The Kier molecular flexibility index (Phi) is 3.04. The van der Waals surface area contributed by atoms with E-state index in [1.54, 1.807) is 10.9 Å². The Hall–Kier alpha value is -2.48. The van der Waals surface area contributed by atoms with Crippen LogP contribution in [0.4, 0.5) is 0 Å². The van der Waals surface area contributed by atoms with Gasteiger partial charge >= 0.3 is 0 Å². The number of hydrogen-bond acceptors (Lipinski definition) is 5. The topological polar surface area (TPSA) is 87.8 Å². The molecule has 0 unspecified atom stereocenters. The van der Waals surface area contributed by atoms with Crippen LogP contribution in [0, 0.1) is 11.7 Å². The van der Waals surface area contributed by atoms with Crippen LogP contribution in [0.5, 0.6) is 0 Å². The number of rotatable bonds is 3. The molecular formula is C14H14N6OS. The summed E-state index contributed by atoms with van der Waals surface area (Å²) in [6, 6.07) is 3.74. The predicted octanol–water partition coefficient (Wildman–Crippen LogP) is 2.60. The van der Waals surface area contributed by atoms with Crippen LogP contribution in [0.2, 0.25) is 0 Å². The summed E-state index contributed by atoms with van der Waals surface area (Å²) in [7, 11) is 0. The minimum Gasteiger partial charge on any atom is -0.460 e. The van der Waals surface area contributed by atoms with Gasteiger partial charge in [0.1, 0.15) is 17.2 Å². The summed E-state index contributed by atoms with van der Waals surface area (Å²) in [6.45, 7) is 1.89. The second kappa shape index (κ2) is 5.06. The largest absolute Gasteiger partial charge is 0.460 e. The van der Waals surface area contributed by atoms with E-state index in [4.69, 9.17) is 16.6 Å². The predicted molar refractivity (Wildman–Crippen MR) is 83.5 cm³/mol. The SMILES string of the molecule is Cc1ccc(/C=N/n2c(-c3n[nH]c4c3CCC4)n[nH]c2=S)o1. The van der Waals surface area contributed by atoms with E-state index in [1.807, 2.05) is 19.1 Å². The second-order valence-electron chi connectivity index (χ2n) is 5.24. The first kappa shape index (κ1) is 13.2.